The smallest absolute Gasteiger partial charge is 0.266 e. The molecule has 136 valence electrons. The Labute approximate surface area is 155 Å². The van der Waals surface area contributed by atoms with E-state index in [1.807, 2.05) is 12.1 Å². The Morgan fingerprint density at radius 1 is 1.23 bits per heavy atom. The number of fused-ring (bicyclic) bond motifs is 1. The fourth-order valence-electron chi connectivity index (χ4n) is 2.47. The number of nitrogens with zero attached hydrogens (tertiary/aromatic N) is 1. The minimum atomic E-state index is -3.98. The number of hydrogen-bond donors (Lipinski definition) is 2. The molecule has 0 fully saturated rings. The summed E-state index contributed by atoms with van der Waals surface area (Å²) in [5, 5.41) is 3.63. The molecule has 2 N–H and O–H groups in total. The highest BCUT2D eigenvalue weighted by Gasteiger charge is 2.25. The van der Waals surface area contributed by atoms with Gasteiger partial charge in [-0.15, -0.1) is 0 Å². The lowest BCUT2D eigenvalue weighted by molar-refractivity contribution is -0.0258. The molecule has 0 unspecified atom stereocenters. The molecule has 0 saturated heterocycles. The molecule has 0 saturated carbocycles. The van der Waals surface area contributed by atoms with Crippen molar-refractivity contribution in [2.75, 3.05) is 19.5 Å². The summed E-state index contributed by atoms with van der Waals surface area (Å²) in [5.74, 6) is -0.452. The van der Waals surface area contributed by atoms with Crippen molar-refractivity contribution in [3.05, 3.63) is 59.2 Å². The van der Waals surface area contributed by atoms with Crippen LogP contribution in [0, 0.1) is 0 Å². The summed E-state index contributed by atoms with van der Waals surface area (Å²) in [7, 11) is -1.52. The van der Waals surface area contributed by atoms with Crippen molar-refractivity contribution in [2.45, 2.75) is 4.90 Å². The van der Waals surface area contributed by atoms with E-state index < -0.39 is 15.9 Å². The highest BCUT2D eigenvalue weighted by atomic mass is 35.5. The van der Waals surface area contributed by atoms with E-state index >= 15 is 0 Å². The van der Waals surface area contributed by atoms with Crippen LogP contribution in [0.5, 0.6) is 0 Å². The number of anilines is 1. The van der Waals surface area contributed by atoms with E-state index in [1.165, 1.54) is 32.4 Å². The van der Waals surface area contributed by atoms with Crippen LogP contribution in [0.2, 0.25) is 5.02 Å². The minimum absolute atomic E-state index is 0.00168. The van der Waals surface area contributed by atoms with Gasteiger partial charge in [-0.2, -0.15) is 0 Å². The maximum absolute atomic E-state index is 12.6. The van der Waals surface area contributed by atoms with Crippen molar-refractivity contribution >= 4 is 44.1 Å². The topological polar surface area (TPSA) is 91.5 Å². The Balaban J connectivity index is 1.96. The zero-order valence-electron chi connectivity index (χ0n) is 14.0. The second-order valence-corrected chi connectivity index (χ2v) is 7.75. The number of H-pyrrole nitrogens is 1. The van der Waals surface area contributed by atoms with Crippen molar-refractivity contribution in [1.29, 1.82) is 0 Å². The number of nitrogens with one attached hydrogen (secondary N) is 2. The van der Waals surface area contributed by atoms with Crippen molar-refractivity contribution in [3.8, 4) is 0 Å². The number of halogens is 1. The van der Waals surface area contributed by atoms with Gasteiger partial charge in [-0.3, -0.25) is 9.63 Å². The molecule has 26 heavy (non-hydrogen) atoms. The maximum Gasteiger partial charge on any atom is 0.266 e. The van der Waals surface area contributed by atoms with E-state index in [2.05, 4.69) is 10.3 Å². The number of amides is 1. The Bertz CT molecular complexity index is 1080. The molecule has 0 aliphatic rings. The average Bonchev–Trinajstić information content (AvgIpc) is 3.10. The van der Waals surface area contributed by atoms with Gasteiger partial charge in [-0.1, -0.05) is 22.1 Å². The van der Waals surface area contributed by atoms with Crippen molar-refractivity contribution < 1.29 is 18.0 Å². The van der Waals surface area contributed by atoms with Gasteiger partial charge in [-0.25, -0.2) is 8.42 Å². The van der Waals surface area contributed by atoms with Gasteiger partial charge < -0.3 is 10.3 Å². The van der Waals surface area contributed by atoms with Crippen LogP contribution in [-0.2, 0) is 14.9 Å². The molecule has 3 aromatic rings. The third-order valence-corrected chi connectivity index (χ3v) is 6.07. The fourth-order valence-corrected chi connectivity index (χ4v) is 3.94. The molecule has 0 aliphatic carbocycles. The lowest BCUT2D eigenvalue weighted by Gasteiger charge is -2.16. The zero-order valence-corrected chi connectivity index (χ0v) is 15.6. The average molecular weight is 394 g/mol. The molecule has 7 nitrogen and oxygen atoms in total. The number of hydrogen-bond acceptors (Lipinski definition) is 4. The van der Waals surface area contributed by atoms with Crippen LogP contribution >= 0.6 is 11.6 Å². The van der Waals surface area contributed by atoms with E-state index in [9.17, 15) is 13.2 Å². The van der Waals surface area contributed by atoms with E-state index in [0.717, 1.165) is 10.9 Å². The number of aromatic nitrogens is 1. The Morgan fingerprint density at radius 2 is 2.00 bits per heavy atom. The quantitative estimate of drug-likeness (QED) is 0.651. The summed E-state index contributed by atoms with van der Waals surface area (Å²) in [6, 6.07) is 11.3. The zero-order chi connectivity index (χ0) is 18.9. The van der Waals surface area contributed by atoms with E-state index in [-0.39, 0.29) is 15.5 Å². The number of carbonyl (C=O) groups is 1. The third-order valence-electron chi connectivity index (χ3n) is 3.91. The van der Waals surface area contributed by atoms with Gasteiger partial charge in [0.05, 0.1) is 17.8 Å². The van der Waals surface area contributed by atoms with E-state index in [0.29, 0.717) is 10.2 Å². The molecule has 2 aromatic carbocycles. The van der Waals surface area contributed by atoms with Gasteiger partial charge in [0.15, 0.2) is 0 Å². The van der Waals surface area contributed by atoms with Crippen molar-refractivity contribution in [2.24, 2.45) is 0 Å². The van der Waals surface area contributed by atoms with E-state index in [4.69, 9.17) is 16.4 Å². The van der Waals surface area contributed by atoms with Crippen molar-refractivity contribution in [1.82, 2.24) is 9.45 Å². The summed E-state index contributed by atoms with van der Waals surface area (Å²) >= 11 is 6.01. The molecule has 9 heteroatoms. The van der Waals surface area contributed by atoms with Crippen LogP contribution in [0.25, 0.3) is 10.9 Å². The van der Waals surface area contributed by atoms with Gasteiger partial charge in [0.1, 0.15) is 4.90 Å². The molecule has 1 aromatic heterocycles. The van der Waals surface area contributed by atoms with E-state index in [1.54, 1.807) is 18.3 Å². The predicted molar refractivity (Wildman–Crippen MR) is 99.7 cm³/mol. The van der Waals surface area contributed by atoms with Gasteiger partial charge in [0, 0.05) is 29.7 Å². The van der Waals surface area contributed by atoms with Gasteiger partial charge in [0.2, 0.25) is 0 Å². The number of sulfonamides is 1. The largest absolute Gasteiger partial charge is 0.361 e. The first-order valence-corrected chi connectivity index (χ1v) is 9.36. The van der Waals surface area contributed by atoms with Crippen molar-refractivity contribution in [3.63, 3.8) is 0 Å². The lowest BCUT2D eigenvalue weighted by atomic mass is 10.2. The fraction of sp³-hybridized carbons (Fsp3) is 0.118. The van der Waals surface area contributed by atoms with Crippen LogP contribution in [0.4, 0.5) is 5.69 Å². The minimum Gasteiger partial charge on any atom is -0.361 e. The molecule has 1 heterocycles. The number of rotatable bonds is 5. The maximum atomic E-state index is 12.6. The second-order valence-electron chi connectivity index (χ2n) is 5.44. The highest BCUT2D eigenvalue weighted by molar-refractivity contribution is 7.89. The SMILES string of the molecule is CON(C)S(=O)(=O)c1cc(C(=O)Nc2cccc3[nH]ccc23)ccc1Cl. The van der Waals surface area contributed by atoms with Crippen LogP contribution in [0.15, 0.2) is 53.6 Å². The summed E-state index contributed by atoms with van der Waals surface area (Å²) in [4.78, 5) is 20.2. The number of aromatic amines is 1. The molecule has 1 amide bonds. The number of hydroxylamine groups is 1. The number of benzene rings is 2. The first-order chi connectivity index (χ1) is 12.3. The summed E-state index contributed by atoms with van der Waals surface area (Å²) in [5.41, 5.74) is 1.65. The first-order valence-electron chi connectivity index (χ1n) is 7.54. The predicted octanol–water partition coefficient (Wildman–Crippen LogP) is 3.26. The Morgan fingerprint density at radius 3 is 2.73 bits per heavy atom. The Kier molecular flexibility index (Phi) is 5.01. The van der Waals surface area contributed by atoms with Gasteiger partial charge in [0.25, 0.3) is 15.9 Å². The van der Waals surface area contributed by atoms with Gasteiger partial charge in [-0.05, 0) is 36.4 Å². The van der Waals surface area contributed by atoms with Gasteiger partial charge >= 0.3 is 0 Å². The molecule has 0 aliphatic heterocycles. The molecule has 0 radical (unpaired) electrons. The van der Waals surface area contributed by atoms with Crippen LogP contribution < -0.4 is 5.32 Å². The molecular weight excluding hydrogens is 378 g/mol. The van der Waals surface area contributed by atoms with Crippen LogP contribution in [-0.4, -0.2) is 37.9 Å². The highest BCUT2D eigenvalue weighted by Crippen LogP contribution is 2.27. The summed E-state index contributed by atoms with van der Waals surface area (Å²) in [6.45, 7) is 0. The first kappa shape index (κ1) is 18.4. The molecule has 0 spiro atoms. The molecule has 0 atom stereocenters. The monoisotopic (exact) mass is 393 g/mol. The Hall–Kier alpha value is -2.39. The molecule has 0 bridgehead atoms. The second kappa shape index (κ2) is 7.08. The summed E-state index contributed by atoms with van der Waals surface area (Å²) < 4.78 is 25.6. The third kappa shape index (κ3) is 3.32. The van der Waals surface area contributed by atoms with Crippen LogP contribution in [0.3, 0.4) is 0 Å². The summed E-state index contributed by atoms with van der Waals surface area (Å²) in [6.07, 6.45) is 1.77. The normalized spacial score (nSPS) is 11.8. The van der Waals surface area contributed by atoms with Crippen LogP contribution in [0.1, 0.15) is 10.4 Å². The molecule has 3 rings (SSSR count). The lowest BCUT2D eigenvalue weighted by Crippen LogP contribution is -2.26. The standard InChI is InChI=1S/C17H16ClN3O4S/c1-21(25-2)26(23,24)16-10-11(6-7-13(16)18)17(22)20-15-5-3-4-14-12(15)8-9-19-14/h3-10,19H,1-2H3,(H,20,22). The number of carbonyl (C=O) groups excluding carboxylic acids is 1. The molecular formula is C17H16ClN3O4S.